The van der Waals surface area contributed by atoms with Crippen LogP contribution in [0.25, 0.3) is 0 Å². The first-order valence-corrected chi connectivity index (χ1v) is 6.75. The van der Waals surface area contributed by atoms with Gasteiger partial charge in [-0.05, 0) is 31.0 Å². The lowest BCUT2D eigenvalue weighted by molar-refractivity contribution is 0.207. The molecule has 1 N–H and O–H groups in total. The van der Waals surface area contributed by atoms with Gasteiger partial charge in [-0.1, -0.05) is 13.0 Å². The van der Waals surface area contributed by atoms with Gasteiger partial charge >= 0.3 is 0 Å². The van der Waals surface area contributed by atoms with Gasteiger partial charge in [-0.2, -0.15) is 0 Å². The van der Waals surface area contributed by atoms with Crippen LogP contribution in [-0.4, -0.2) is 16.7 Å². The van der Waals surface area contributed by atoms with Crippen LogP contribution in [0.1, 0.15) is 36.1 Å². The molecule has 0 radical (unpaired) electrons. The predicted octanol–water partition coefficient (Wildman–Crippen LogP) is 3.54. The summed E-state index contributed by atoms with van der Waals surface area (Å²) in [5.41, 5.74) is 0.188. The molecule has 0 aliphatic heterocycles. The van der Waals surface area contributed by atoms with E-state index in [4.69, 9.17) is 4.74 Å². The van der Waals surface area contributed by atoms with Gasteiger partial charge in [0.25, 0.3) is 0 Å². The van der Waals surface area contributed by atoms with Crippen LogP contribution in [0, 0.1) is 18.6 Å². The Morgan fingerprint density at radius 1 is 1.29 bits per heavy atom. The number of rotatable bonds is 5. The molecule has 0 aliphatic carbocycles. The summed E-state index contributed by atoms with van der Waals surface area (Å²) in [6.07, 6.45) is 2.26. The highest BCUT2D eigenvalue weighted by atomic mass is 19.1. The van der Waals surface area contributed by atoms with E-state index in [9.17, 15) is 13.9 Å². The number of nitrogens with zero attached hydrogens (tertiary/aromatic N) is 1. The van der Waals surface area contributed by atoms with Gasteiger partial charge < -0.3 is 9.84 Å². The maximum absolute atomic E-state index is 14.1. The van der Waals surface area contributed by atoms with Crippen LogP contribution in [0.4, 0.5) is 8.78 Å². The van der Waals surface area contributed by atoms with Gasteiger partial charge in [-0.15, -0.1) is 0 Å². The Kier molecular flexibility index (Phi) is 4.85. The summed E-state index contributed by atoms with van der Waals surface area (Å²) in [7, 11) is 0. The first-order valence-electron chi connectivity index (χ1n) is 6.75. The second kappa shape index (κ2) is 6.63. The Morgan fingerprint density at radius 3 is 2.76 bits per heavy atom. The first-order chi connectivity index (χ1) is 10.0. The molecule has 1 aromatic carbocycles. The molecule has 1 atom stereocenters. The molecule has 3 nitrogen and oxygen atoms in total. The van der Waals surface area contributed by atoms with Crippen molar-refractivity contribution in [3.8, 4) is 5.75 Å². The molecule has 5 heteroatoms. The lowest BCUT2D eigenvalue weighted by Crippen LogP contribution is -2.08. The number of aliphatic hydroxyl groups excluding tert-OH is 1. The Morgan fingerprint density at radius 2 is 2.05 bits per heavy atom. The summed E-state index contributed by atoms with van der Waals surface area (Å²) in [5, 5.41) is 10.3. The minimum Gasteiger partial charge on any atom is -0.492 e. The van der Waals surface area contributed by atoms with E-state index >= 15 is 0 Å². The van der Waals surface area contributed by atoms with Crippen LogP contribution in [-0.2, 0) is 0 Å². The molecular weight excluding hydrogens is 276 g/mol. The molecule has 0 bridgehead atoms. The molecule has 21 heavy (non-hydrogen) atoms. The van der Waals surface area contributed by atoms with Gasteiger partial charge in [0.15, 0.2) is 0 Å². The van der Waals surface area contributed by atoms with Crippen LogP contribution in [0.3, 0.4) is 0 Å². The van der Waals surface area contributed by atoms with Crippen molar-refractivity contribution in [1.82, 2.24) is 4.98 Å². The Labute approximate surface area is 122 Å². The topological polar surface area (TPSA) is 42.4 Å². The SMILES string of the molecule is CCCOc1cncc(C(O)c2c(F)ccc(C)c2F)c1. The van der Waals surface area contributed by atoms with Gasteiger partial charge in [0.05, 0.1) is 18.4 Å². The predicted molar refractivity (Wildman–Crippen MR) is 75.2 cm³/mol. The third-order valence-corrected chi connectivity index (χ3v) is 3.12. The fourth-order valence-corrected chi connectivity index (χ4v) is 1.98. The highest BCUT2D eigenvalue weighted by Crippen LogP contribution is 2.29. The van der Waals surface area contributed by atoms with E-state index in [1.165, 1.54) is 31.5 Å². The van der Waals surface area contributed by atoms with Crippen molar-refractivity contribution in [2.45, 2.75) is 26.4 Å². The monoisotopic (exact) mass is 293 g/mol. The molecule has 0 spiro atoms. The van der Waals surface area contributed by atoms with E-state index in [1.54, 1.807) is 0 Å². The standard InChI is InChI=1S/C16H17F2NO2/c1-3-6-21-12-7-11(8-19-9-12)16(20)14-13(17)5-4-10(2)15(14)18/h4-5,7-9,16,20H,3,6H2,1-2H3. The van der Waals surface area contributed by atoms with Crippen molar-refractivity contribution in [3.63, 3.8) is 0 Å². The fraction of sp³-hybridized carbons (Fsp3) is 0.312. The van der Waals surface area contributed by atoms with E-state index in [1.807, 2.05) is 6.92 Å². The van der Waals surface area contributed by atoms with Crippen molar-refractivity contribution in [2.75, 3.05) is 6.61 Å². The zero-order valence-corrected chi connectivity index (χ0v) is 11.9. The molecule has 0 saturated heterocycles. The molecule has 1 aromatic heterocycles. The van der Waals surface area contributed by atoms with Crippen LogP contribution in [0.15, 0.2) is 30.6 Å². The Bertz CT molecular complexity index is 632. The Hall–Kier alpha value is -2.01. The van der Waals surface area contributed by atoms with Crippen LogP contribution >= 0.6 is 0 Å². The van der Waals surface area contributed by atoms with E-state index in [2.05, 4.69) is 4.98 Å². The lowest BCUT2D eigenvalue weighted by Gasteiger charge is -2.15. The van der Waals surface area contributed by atoms with E-state index in [0.29, 0.717) is 12.4 Å². The second-order valence-corrected chi connectivity index (χ2v) is 4.80. The van der Waals surface area contributed by atoms with Crippen molar-refractivity contribution in [3.05, 3.63) is 58.9 Å². The molecule has 1 unspecified atom stereocenters. The minimum absolute atomic E-state index is 0.275. The molecule has 1 heterocycles. The Balaban J connectivity index is 2.36. The van der Waals surface area contributed by atoms with Crippen LogP contribution in [0.2, 0.25) is 0 Å². The molecule has 2 rings (SSSR count). The molecule has 112 valence electrons. The van der Waals surface area contributed by atoms with Gasteiger partial charge in [0.1, 0.15) is 23.5 Å². The number of aliphatic hydroxyl groups is 1. The van der Waals surface area contributed by atoms with Crippen LogP contribution < -0.4 is 4.74 Å². The molecule has 0 saturated carbocycles. The molecule has 0 amide bonds. The third-order valence-electron chi connectivity index (χ3n) is 3.12. The van der Waals surface area contributed by atoms with Gasteiger partial charge in [0.2, 0.25) is 0 Å². The normalized spacial score (nSPS) is 12.2. The van der Waals surface area contributed by atoms with Gasteiger partial charge in [-0.25, -0.2) is 8.78 Å². The minimum atomic E-state index is -1.43. The van der Waals surface area contributed by atoms with Crippen LogP contribution in [0.5, 0.6) is 5.75 Å². The number of aryl methyl sites for hydroxylation is 1. The third kappa shape index (κ3) is 3.36. The average Bonchev–Trinajstić information content (AvgIpc) is 2.49. The number of halogens is 2. The summed E-state index contributed by atoms with van der Waals surface area (Å²) in [5.74, 6) is -1.07. The van der Waals surface area contributed by atoms with Gasteiger partial charge in [-0.3, -0.25) is 4.98 Å². The zero-order valence-electron chi connectivity index (χ0n) is 11.9. The number of hydrogen-bond donors (Lipinski definition) is 1. The van der Waals surface area contributed by atoms with Crippen molar-refractivity contribution in [2.24, 2.45) is 0 Å². The summed E-state index contributed by atoms with van der Waals surface area (Å²) in [6, 6.07) is 4.01. The fourth-order valence-electron chi connectivity index (χ4n) is 1.98. The van der Waals surface area contributed by atoms with E-state index in [0.717, 1.165) is 12.5 Å². The first kappa shape index (κ1) is 15.4. The summed E-state index contributed by atoms with van der Waals surface area (Å²) >= 11 is 0. The lowest BCUT2D eigenvalue weighted by atomic mass is 9.99. The summed E-state index contributed by atoms with van der Waals surface area (Å²) in [6.45, 7) is 3.99. The second-order valence-electron chi connectivity index (χ2n) is 4.80. The smallest absolute Gasteiger partial charge is 0.137 e. The maximum Gasteiger partial charge on any atom is 0.137 e. The number of aromatic nitrogens is 1. The van der Waals surface area contributed by atoms with Crippen molar-refractivity contribution >= 4 is 0 Å². The average molecular weight is 293 g/mol. The number of benzene rings is 1. The molecule has 0 aliphatic rings. The number of pyridine rings is 1. The quantitative estimate of drug-likeness (QED) is 0.917. The maximum atomic E-state index is 14.1. The molecular formula is C16H17F2NO2. The van der Waals surface area contributed by atoms with E-state index < -0.39 is 17.7 Å². The highest BCUT2D eigenvalue weighted by Gasteiger charge is 2.21. The zero-order chi connectivity index (χ0) is 15.4. The number of ether oxygens (including phenoxy) is 1. The van der Waals surface area contributed by atoms with E-state index in [-0.39, 0.29) is 16.7 Å². The van der Waals surface area contributed by atoms with Gasteiger partial charge in [0, 0.05) is 11.8 Å². The van der Waals surface area contributed by atoms with Crippen molar-refractivity contribution < 1.29 is 18.6 Å². The summed E-state index contributed by atoms with van der Waals surface area (Å²) in [4.78, 5) is 3.94. The van der Waals surface area contributed by atoms with Crippen molar-refractivity contribution in [1.29, 1.82) is 0 Å². The molecule has 0 fully saturated rings. The summed E-state index contributed by atoms with van der Waals surface area (Å²) < 4.78 is 33.3. The molecule has 2 aromatic rings. The highest BCUT2D eigenvalue weighted by molar-refractivity contribution is 5.36. The number of hydrogen-bond acceptors (Lipinski definition) is 3. The largest absolute Gasteiger partial charge is 0.492 e.